The van der Waals surface area contributed by atoms with Crippen molar-refractivity contribution in [3.05, 3.63) is 41.7 Å². The molecular weight excluding hydrogens is 278 g/mol. The molecule has 0 fully saturated rings. The molecule has 20 heavy (non-hydrogen) atoms. The zero-order valence-corrected chi connectivity index (χ0v) is 12.1. The lowest BCUT2D eigenvalue weighted by molar-refractivity contribution is 0.581. The lowest BCUT2D eigenvalue weighted by Crippen LogP contribution is -2.25. The monoisotopic (exact) mass is 295 g/mol. The SMILES string of the molecule is Cc1nn(C)cc1CNS(=O)(=O)c1ccccc1NN. The molecule has 8 heteroatoms. The maximum absolute atomic E-state index is 12.3. The van der Waals surface area contributed by atoms with Gasteiger partial charge in [0.25, 0.3) is 0 Å². The first-order valence-electron chi connectivity index (χ1n) is 5.98. The van der Waals surface area contributed by atoms with Crippen LogP contribution in [0.2, 0.25) is 0 Å². The molecule has 2 aromatic rings. The minimum absolute atomic E-state index is 0.115. The van der Waals surface area contributed by atoms with Gasteiger partial charge in [0.1, 0.15) is 4.90 Å². The molecule has 0 atom stereocenters. The summed E-state index contributed by atoms with van der Waals surface area (Å²) in [5.41, 5.74) is 4.35. The number of hydrogen-bond donors (Lipinski definition) is 3. The Bertz CT molecular complexity index is 708. The molecule has 1 heterocycles. The first-order valence-corrected chi connectivity index (χ1v) is 7.47. The Labute approximate surface area is 117 Å². The minimum Gasteiger partial charge on any atom is -0.323 e. The first kappa shape index (κ1) is 14.5. The van der Waals surface area contributed by atoms with Crippen molar-refractivity contribution in [2.45, 2.75) is 18.4 Å². The van der Waals surface area contributed by atoms with E-state index >= 15 is 0 Å². The molecule has 108 valence electrons. The van der Waals surface area contributed by atoms with Crippen molar-refractivity contribution in [2.24, 2.45) is 12.9 Å². The number of nitrogen functional groups attached to an aromatic ring is 1. The number of rotatable bonds is 5. The second kappa shape index (κ2) is 5.61. The number of anilines is 1. The number of hydrogen-bond acceptors (Lipinski definition) is 5. The standard InChI is InChI=1S/C12H17N5O2S/c1-9-10(8-17(2)16-9)7-14-20(18,19)12-6-4-3-5-11(12)15-13/h3-6,8,14-15H,7,13H2,1-2H3. The Kier molecular flexibility index (Phi) is 4.07. The van der Waals surface area contributed by atoms with Crippen molar-refractivity contribution in [1.29, 1.82) is 0 Å². The Hall–Kier alpha value is -1.90. The lowest BCUT2D eigenvalue weighted by Gasteiger charge is -2.10. The van der Waals surface area contributed by atoms with Gasteiger partial charge in [-0.3, -0.25) is 10.5 Å². The van der Waals surface area contributed by atoms with Crippen LogP contribution in [0.15, 0.2) is 35.4 Å². The number of nitrogens with two attached hydrogens (primary N) is 1. The van der Waals surface area contributed by atoms with E-state index in [-0.39, 0.29) is 11.4 Å². The average molecular weight is 295 g/mol. The molecule has 0 spiro atoms. The fourth-order valence-electron chi connectivity index (χ4n) is 1.89. The second-order valence-corrected chi connectivity index (χ2v) is 6.11. The molecule has 0 saturated heterocycles. The van der Waals surface area contributed by atoms with Crippen molar-refractivity contribution in [3.63, 3.8) is 0 Å². The molecule has 7 nitrogen and oxygen atoms in total. The van der Waals surface area contributed by atoms with Crippen molar-refractivity contribution < 1.29 is 8.42 Å². The number of hydrazine groups is 1. The number of nitrogens with one attached hydrogen (secondary N) is 2. The van der Waals surface area contributed by atoms with E-state index in [1.165, 1.54) is 6.07 Å². The van der Waals surface area contributed by atoms with Gasteiger partial charge in [-0.1, -0.05) is 12.1 Å². The number of benzene rings is 1. The summed E-state index contributed by atoms with van der Waals surface area (Å²) >= 11 is 0. The van der Waals surface area contributed by atoms with Crippen LogP contribution >= 0.6 is 0 Å². The predicted molar refractivity (Wildman–Crippen MR) is 76.2 cm³/mol. The molecule has 0 radical (unpaired) electrons. The fraction of sp³-hybridized carbons (Fsp3) is 0.250. The van der Waals surface area contributed by atoms with Crippen LogP contribution in [-0.2, 0) is 23.6 Å². The largest absolute Gasteiger partial charge is 0.323 e. The van der Waals surface area contributed by atoms with Crippen molar-refractivity contribution in [1.82, 2.24) is 14.5 Å². The van der Waals surface area contributed by atoms with Crippen molar-refractivity contribution in [3.8, 4) is 0 Å². The maximum Gasteiger partial charge on any atom is 0.242 e. The summed E-state index contributed by atoms with van der Waals surface area (Å²) in [7, 11) is -1.85. The molecule has 2 rings (SSSR count). The second-order valence-electron chi connectivity index (χ2n) is 4.38. The van der Waals surface area contributed by atoms with Crippen LogP contribution in [0.5, 0.6) is 0 Å². The van der Waals surface area contributed by atoms with Crippen LogP contribution < -0.4 is 16.0 Å². The molecule has 1 aromatic heterocycles. The quantitative estimate of drug-likeness (QED) is 0.550. The van der Waals surface area contributed by atoms with Crippen LogP contribution in [0, 0.1) is 6.92 Å². The number of sulfonamides is 1. The third kappa shape index (κ3) is 2.98. The van der Waals surface area contributed by atoms with E-state index in [1.807, 2.05) is 6.92 Å². The van der Waals surface area contributed by atoms with E-state index in [0.29, 0.717) is 5.69 Å². The molecule has 0 unspecified atom stereocenters. The van der Waals surface area contributed by atoms with Gasteiger partial charge in [0, 0.05) is 25.4 Å². The Balaban J connectivity index is 2.21. The lowest BCUT2D eigenvalue weighted by atomic mass is 10.3. The van der Waals surface area contributed by atoms with Gasteiger partial charge in [-0.2, -0.15) is 5.10 Å². The van der Waals surface area contributed by atoms with E-state index in [1.54, 1.807) is 36.1 Å². The third-order valence-electron chi connectivity index (χ3n) is 2.90. The van der Waals surface area contributed by atoms with Gasteiger partial charge in [-0.15, -0.1) is 0 Å². The number of para-hydroxylation sites is 1. The highest BCUT2D eigenvalue weighted by Crippen LogP contribution is 2.19. The highest BCUT2D eigenvalue weighted by atomic mass is 32.2. The van der Waals surface area contributed by atoms with E-state index in [4.69, 9.17) is 5.84 Å². The molecule has 0 aliphatic rings. The van der Waals surface area contributed by atoms with Gasteiger partial charge in [0.2, 0.25) is 10.0 Å². The Morgan fingerprint density at radius 2 is 2.05 bits per heavy atom. The molecule has 0 aliphatic heterocycles. The van der Waals surface area contributed by atoms with Crippen LogP contribution in [0.3, 0.4) is 0 Å². The molecule has 1 aromatic carbocycles. The number of aryl methyl sites for hydroxylation is 2. The molecule has 0 saturated carbocycles. The Morgan fingerprint density at radius 1 is 1.35 bits per heavy atom. The fourth-order valence-corrected chi connectivity index (χ4v) is 3.07. The summed E-state index contributed by atoms with van der Waals surface area (Å²) in [6.45, 7) is 2.01. The van der Waals surface area contributed by atoms with Crippen molar-refractivity contribution in [2.75, 3.05) is 5.43 Å². The summed E-state index contributed by atoms with van der Waals surface area (Å²) in [6.07, 6.45) is 1.78. The molecule has 0 amide bonds. The van der Waals surface area contributed by atoms with Gasteiger partial charge in [0.05, 0.1) is 11.4 Å². The summed E-state index contributed by atoms with van der Waals surface area (Å²) in [4.78, 5) is 0.115. The van der Waals surface area contributed by atoms with Crippen molar-refractivity contribution >= 4 is 15.7 Å². The zero-order valence-electron chi connectivity index (χ0n) is 11.3. The van der Waals surface area contributed by atoms with Crippen LogP contribution in [0.4, 0.5) is 5.69 Å². The van der Waals surface area contributed by atoms with Crippen LogP contribution in [0.25, 0.3) is 0 Å². The normalized spacial score (nSPS) is 11.6. The number of aromatic nitrogens is 2. The van der Waals surface area contributed by atoms with Crippen LogP contribution in [0.1, 0.15) is 11.3 Å². The van der Waals surface area contributed by atoms with Gasteiger partial charge < -0.3 is 5.43 Å². The van der Waals surface area contributed by atoms with E-state index < -0.39 is 10.0 Å². The van der Waals surface area contributed by atoms with E-state index in [9.17, 15) is 8.42 Å². The summed E-state index contributed by atoms with van der Waals surface area (Å²) < 4.78 is 28.7. The first-order chi connectivity index (χ1) is 9.44. The van der Waals surface area contributed by atoms with E-state index in [2.05, 4.69) is 15.2 Å². The van der Waals surface area contributed by atoms with Crippen LogP contribution in [-0.4, -0.2) is 18.2 Å². The molecule has 0 aliphatic carbocycles. The highest BCUT2D eigenvalue weighted by molar-refractivity contribution is 7.89. The molecule has 4 N–H and O–H groups in total. The topological polar surface area (TPSA) is 102 Å². The van der Waals surface area contributed by atoms with Gasteiger partial charge in [-0.25, -0.2) is 13.1 Å². The molecular formula is C12H17N5O2S. The van der Waals surface area contributed by atoms with E-state index in [0.717, 1.165) is 11.3 Å². The summed E-state index contributed by atoms with van der Waals surface area (Å²) in [6, 6.07) is 6.45. The smallest absolute Gasteiger partial charge is 0.242 e. The molecule has 0 bridgehead atoms. The maximum atomic E-state index is 12.3. The summed E-state index contributed by atoms with van der Waals surface area (Å²) in [5, 5.41) is 4.17. The Morgan fingerprint density at radius 3 is 2.65 bits per heavy atom. The van der Waals surface area contributed by atoms with Gasteiger partial charge in [-0.05, 0) is 19.1 Å². The highest BCUT2D eigenvalue weighted by Gasteiger charge is 2.18. The van der Waals surface area contributed by atoms with Gasteiger partial charge in [0.15, 0.2) is 0 Å². The average Bonchev–Trinajstić information content (AvgIpc) is 2.75. The van der Waals surface area contributed by atoms with Gasteiger partial charge >= 0.3 is 0 Å². The predicted octanol–water partition coefficient (Wildman–Crippen LogP) is 0.493. The summed E-state index contributed by atoms with van der Waals surface area (Å²) in [5.74, 6) is 5.33. The number of nitrogens with zero attached hydrogens (tertiary/aromatic N) is 2. The third-order valence-corrected chi connectivity index (χ3v) is 4.36. The zero-order chi connectivity index (χ0) is 14.8. The minimum atomic E-state index is -3.64.